The van der Waals surface area contributed by atoms with Crippen LogP contribution in [0.5, 0.6) is 0 Å². The van der Waals surface area contributed by atoms with E-state index in [-0.39, 0.29) is 23.2 Å². The second-order valence-corrected chi connectivity index (χ2v) is 10.4. The summed E-state index contributed by atoms with van der Waals surface area (Å²) >= 11 is 6.89. The molecule has 1 aliphatic heterocycles. The van der Waals surface area contributed by atoms with E-state index in [1.165, 1.54) is 10.4 Å². The second-order valence-electron chi connectivity index (χ2n) is 6.55. The van der Waals surface area contributed by atoms with E-state index in [1.807, 2.05) is 0 Å². The molecule has 1 saturated heterocycles. The van der Waals surface area contributed by atoms with E-state index in [4.69, 9.17) is 16.1 Å². The lowest BCUT2D eigenvalue weighted by Crippen LogP contribution is -2.50. The fraction of sp³-hybridized carbons (Fsp3) is 0.588. The summed E-state index contributed by atoms with van der Waals surface area (Å²) in [6.45, 7) is 3.40. The van der Waals surface area contributed by atoms with Gasteiger partial charge in [0.05, 0.1) is 4.34 Å². The summed E-state index contributed by atoms with van der Waals surface area (Å²) in [7, 11) is -3.54. The molecule has 3 rings (SSSR count). The third-order valence-corrected chi connectivity index (χ3v) is 8.10. The minimum absolute atomic E-state index is 0.0181. The van der Waals surface area contributed by atoms with Crippen molar-refractivity contribution in [2.45, 2.75) is 43.2 Å². The molecule has 28 heavy (non-hydrogen) atoms. The first-order valence-electron chi connectivity index (χ1n) is 9.25. The Morgan fingerprint density at radius 1 is 1.25 bits per heavy atom. The number of piperazine rings is 1. The maximum atomic E-state index is 12.6. The molecule has 0 radical (unpaired) electrons. The first-order valence-corrected chi connectivity index (χ1v) is 11.9. The first-order chi connectivity index (χ1) is 13.4. The smallest absolute Gasteiger partial charge is 0.252 e. The highest BCUT2D eigenvalue weighted by Gasteiger charge is 2.30. The van der Waals surface area contributed by atoms with Crippen molar-refractivity contribution in [3.05, 3.63) is 28.2 Å². The number of carbonyl (C=O) groups is 1. The molecule has 0 N–H and O–H groups in total. The van der Waals surface area contributed by atoms with Gasteiger partial charge in [0.25, 0.3) is 10.0 Å². The zero-order valence-electron chi connectivity index (χ0n) is 15.6. The molecule has 154 valence electrons. The molecule has 3 heterocycles. The summed E-state index contributed by atoms with van der Waals surface area (Å²) in [5, 5.41) is 3.90. The zero-order valence-corrected chi connectivity index (χ0v) is 18.0. The number of amides is 1. The molecule has 1 aliphatic rings. The minimum Gasteiger partial charge on any atom is -0.340 e. The molecule has 2 aromatic heterocycles. The maximum Gasteiger partial charge on any atom is 0.252 e. The Hall–Kier alpha value is -1.49. The number of carbonyl (C=O) groups excluding carboxylic acids is 1. The van der Waals surface area contributed by atoms with E-state index in [0.717, 1.165) is 24.2 Å². The fourth-order valence-corrected chi connectivity index (χ4v) is 6.07. The lowest BCUT2D eigenvalue weighted by atomic mass is 10.2. The third-order valence-electron chi connectivity index (χ3n) is 4.50. The first kappa shape index (κ1) is 21.2. The predicted octanol–water partition coefficient (Wildman–Crippen LogP) is 2.59. The zero-order chi connectivity index (χ0) is 20.1. The van der Waals surface area contributed by atoms with E-state index in [9.17, 15) is 13.2 Å². The molecule has 1 fully saturated rings. The summed E-state index contributed by atoms with van der Waals surface area (Å²) in [5.41, 5.74) is 0. The molecule has 0 atom stereocenters. The highest BCUT2D eigenvalue weighted by atomic mass is 35.5. The van der Waals surface area contributed by atoms with Gasteiger partial charge < -0.3 is 9.42 Å². The van der Waals surface area contributed by atoms with E-state index in [2.05, 4.69) is 17.1 Å². The van der Waals surface area contributed by atoms with Gasteiger partial charge in [0, 0.05) is 45.4 Å². The van der Waals surface area contributed by atoms with Gasteiger partial charge in [0.15, 0.2) is 5.82 Å². The Morgan fingerprint density at radius 3 is 2.64 bits per heavy atom. The normalized spacial score (nSPS) is 15.9. The lowest BCUT2D eigenvalue weighted by molar-refractivity contribution is -0.132. The highest BCUT2D eigenvalue weighted by Crippen LogP contribution is 2.28. The number of halogens is 1. The average molecular weight is 447 g/mol. The van der Waals surface area contributed by atoms with Crippen molar-refractivity contribution in [3.8, 4) is 0 Å². The van der Waals surface area contributed by atoms with Crippen LogP contribution in [0.25, 0.3) is 0 Å². The van der Waals surface area contributed by atoms with Gasteiger partial charge in [-0.3, -0.25) is 4.79 Å². The van der Waals surface area contributed by atoms with Gasteiger partial charge >= 0.3 is 0 Å². The summed E-state index contributed by atoms with van der Waals surface area (Å²) in [6, 6.07) is 3.09. The van der Waals surface area contributed by atoms with E-state index < -0.39 is 10.0 Å². The third kappa shape index (κ3) is 5.11. The number of rotatable bonds is 8. The van der Waals surface area contributed by atoms with Crippen LogP contribution in [-0.4, -0.2) is 59.8 Å². The van der Waals surface area contributed by atoms with E-state index in [0.29, 0.717) is 48.4 Å². The molecule has 0 unspecified atom stereocenters. The topological polar surface area (TPSA) is 96.6 Å². The molecular weight excluding hydrogens is 424 g/mol. The summed E-state index contributed by atoms with van der Waals surface area (Å²) in [4.78, 5) is 18.4. The molecular formula is C17H23ClN4O4S2. The van der Waals surface area contributed by atoms with Gasteiger partial charge in [0.1, 0.15) is 4.21 Å². The van der Waals surface area contributed by atoms with Crippen molar-refractivity contribution in [1.82, 2.24) is 19.3 Å². The second kappa shape index (κ2) is 9.34. The van der Waals surface area contributed by atoms with Crippen molar-refractivity contribution < 1.29 is 17.7 Å². The number of nitrogens with zero attached hydrogens (tertiary/aromatic N) is 4. The number of aromatic nitrogens is 2. The molecule has 0 aromatic carbocycles. The number of hydrogen-bond acceptors (Lipinski definition) is 7. The van der Waals surface area contributed by atoms with E-state index in [1.54, 1.807) is 11.0 Å². The van der Waals surface area contributed by atoms with Crippen LogP contribution in [0, 0.1) is 0 Å². The standard InChI is InChI=1S/C17H23ClN4O4S2/c1-2-4-14-19-15(26-20-14)5-3-6-16(23)21-9-11-22(12-10-21)28(24,25)17-8-7-13(18)27-17/h7-8H,2-6,9-12H2,1H3. The molecule has 1 amide bonds. The van der Waals surface area contributed by atoms with Crippen LogP contribution >= 0.6 is 22.9 Å². The molecule has 0 saturated carbocycles. The number of sulfonamides is 1. The Balaban J connectivity index is 1.44. The Labute approximate surface area is 173 Å². The van der Waals surface area contributed by atoms with E-state index >= 15 is 0 Å². The van der Waals surface area contributed by atoms with Crippen LogP contribution in [0.1, 0.15) is 37.9 Å². The summed E-state index contributed by atoms with van der Waals surface area (Å²) < 4.78 is 32.5. The monoisotopic (exact) mass is 446 g/mol. The van der Waals surface area contributed by atoms with Crippen molar-refractivity contribution in [3.63, 3.8) is 0 Å². The Kier molecular flexibility index (Phi) is 7.08. The summed E-state index contributed by atoms with van der Waals surface area (Å²) in [6.07, 6.45) is 3.31. The van der Waals surface area contributed by atoms with Crippen LogP contribution in [0.15, 0.2) is 20.9 Å². The molecule has 2 aromatic rings. The van der Waals surface area contributed by atoms with Crippen LogP contribution in [0.3, 0.4) is 0 Å². The van der Waals surface area contributed by atoms with Gasteiger partial charge in [-0.05, 0) is 25.0 Å². The van der Waals surface area contributed by atoms with Crippen LogP contribution < -0.4 is 0 Å². The van der Waals surface area contributed by atoms with Crippen LogP contribution in [0.4, 0.5) is 0 Å². The summed E-state index contributed by atoms with van der Waals surface area (Å²) in [5.74, 6) is 1.28. The quantitative estimate of drug-likeness (QED) is 0.618. The predicted molar refractivity (Wildman–Crippen MR) is 106 cm³/mol. The van der Waals surface area contributed by atoms with Gasteiger partial charge in [-0.1, -0.05) is 23.7 Å². The van der Waals surface area contributed by atoms with Crippen molar-refractivity contribution in [2.24, 2.45) is 0 Å². The highest BCUT2D eigenvalue weighted by molar-refractivity contribution is 7.91. The number of hydrogen-bond donors (Lipinski definition) is 0. The molecule has 0 spiro atoms. The van der Waals surface area contributed by atoms with Gasteiger partial charge in [0.2, 0.25) is 11.8 Å². The molecule has 8 nitrogen and oxygen atoms in total. The van der Waals surface area contributed by atoms with Gasteiger partial charge in [-0.15, -0.1) is 11.3 Å². The number of aryl methyl sites for hydroxylation is 2. The molecule has 0 aliphatic carbocycles. The van der Waals surface area contributed by atoms with Crippen molar-refractivity contribution >= 4 is 38.9 Å². The molecule has 11 heteroatoms. The van der Waals surface area contributed by atoms with Crippen molar-refractivity contribution in [2.75, 3.05) is 26.2 Å². The van der Waals surface area contributed by atoms with Crippen LogP contribution in [-0.2, 0) is 27.7 Å². The Morgan fingerprint density at radius 2 is 2.00 bits per heavy atom. The number of thiophene rings is 1. The SMILES string of the molecule is CCCc1noc(CCCC(=O)N2CCN(S(=O)(=O)c3ccc(Cl)s3)CC2)n1. The largest absolute Gasteiger partial charge is 0.340 e. The van der Waals surface area contributed by atoms with Gasteiger partial charge in [-0.2, -0.15) is 9.29 Å². The Bertz CT molecular complexity index is 904. The maximum absolute atomic E-state index is 12.6. The van der Waals surface area contributed by atoms with Crippen molar-refractivity contribution in [1.29, 1.82) is 0 Å². The van der Waals surface area contributed by atoms with Crippen LogP contribution in [0.2, 0.25) is 4.34 Å². The lowest BCUT2D eigenvalue weighted by Gasteiger charge is -2.33. The minimum atomic E-state index is -3.54. The average Bonchev–Trinajstić information content (AvgIpc) is 3.31. The fourth-order valence-electron chi connectivity index (χ4n) is 3.01. The molecule has 0 bridgehead atoms. The van der Waals surface area contributed by atoms with Gasteiger partial charge in [-0.25, -0.2) is 8.42 Å².